The van der Waals surface area contributed by atoms with E-state index in [0.717, 1.165) is 12.5 Å². The first-order chi connectivity index (χ1) is 8.93. The van der Waals surface area contributed by atoms with E-state index < -0.39 is 19.7 Å². The van der Waals surface area contributed by atoms with Crippen molar-refractivity contribution in [3.05, 3.63) is 18.2 Å². The first-order valence-electron chi connectivity index (χ1n) is 6.18. The maximum Gasteiger partial charge on any atom is 0.177 e. The number of sulfone groups is 2. The topological polar surface area (TPSA) is 71.5 Å². The molecule has 0 saturated heterocycles. The van der Waals surface area contributed by atoms with Crippen molar-refractivity contribution in [2.75, 3.05) is 31.0 Å². The molecule has 0 heterocycles. The molecule has 0 unspecified atom stereocenters. The third-order valence-electron chi connectivity index (χ3n) is 2.81. The molecule has 5 nitrogen and oxygen atoms in total. The fraction of sp³-hybridized carbons (Fsp3) is 0.538. The SMILES string of the molecule is CC(C)CN(C)c1ccc(S(C)(=O)=O)cc1S(C)(=O)=O. The van der Waals surface area contributed by atoms with E-state index in [1.807, 2.05) is 18.7 Å². The molecule has 0 aliphatic heterocycles. The van der Waals surface area contributed by atoms with Gasteiger partial charge in [-0.1, -0.05) is 13.8 Å². The second-order valence-corrected chi connectivity index (χ2v) is 9.45. The molecule has 0 aliphatic carbocycles. The Morgan fingerprint density at radius 2 is 1.60 bits per heavy atom. The largest absolute Gasteiger partial charge is 0.373 e. The van der Waals surface area contributed by atoms with Crippen LogP contribution < -0.4 is 4.90 Å². The minimum atomic E-state index is -3.50. The van der Waals surface area contributed by atoms with E-state index in [-0.39, 0.29) is 9.79 Å². The third-order valence-corrected chi connectivity index (χ3v) is 5.05. The molecular weight excluding hydrogens is 298 g/mol. The summed E-state index contributed by atoms with van der Waals surface area (Å²) in [6.07, 6.45) is 2.15. The predicted molar refractivity (Wildman–Crippen MR) is 80.8 cm³/mol. The molecule has 0 fully saturated rings. The molecule has 0 bridgehead atoms. The maximum atomic E-state index is 11.9. The standard InChI is InChI=1S/C13H21NO4S2/c1-10(2)9-14(3)12-7-6-11(19(4,15)16)8-13(12)20(5,17)18/h6-8,10H,9H2,1-5H3. The van der Waals surface area contributed by atoms with Crippen molar-refractivity contribution in [1.29, 1.82) is 0 Å². The van der Waals surface area contributed by atoms with Crippen LogP contribution in [0.1, 0.15) is 13.8 Å². The van der Waals surface area contributed by atoms with Crippen LogP contribution in [0.15, 0.2) is 28.0 Å². The Morgan fingerprint density at radius 3 is 2.00 bits per heavy atom. The van der Waals surface area contributed by atoms with Gasteiger partial charge < -0.3 is 4.90 Å². The maximum absolute atomic E-state index is 11.9. The van der Waals surface area contributed by atoms with Crippen molar-refractivity contribution >= 4 is 25.4 Å². The van der Waals surface area contributed by atoms with Gasteiger partial charge in [0.05, 0.1) is 15.5 Å². The molecule has 20 heavy (non-hydrogen) atoms. The Hall–Kier alpha value is -1.08. The lowest BCUT2D eigenvalue weighted by Gasteiger charge is -2.24. The van der Waals surface area contributed by atoms with E-state index >= 15 is 0 Å². The average Bonchev–Trinajstić information content (AvgIpc) is 2.24. The van der Waals surface area contributed by atoms with Gasteiger partial charge in [-0.3, -0.25) is 0 Å². The Balaban J connectivity index is 3.47. The van der Waals surface area contributed by atoms with E-state index in [4.69, 9.17) is 0 Å². The number of benzene rings is 1. The van der Waals surface area contributed by atoms with Crippen LogP contribution in [0, 0.1) is 5.92 Å². The predicted octanol–water partition coefficient (Wildman–Crippen LogP) is 1.59. The van der Waals surface area contributed by atoms with E-state index in [9.17, 15) is 16.8 Å². The summed E-state index contributed by atoms with van der Waals surface area (Å²) in [6, 6.07) is 4.22. The molecule has 114 valence electrons. The van der Waals surface area contributed by atoms with Crippen LogP contribution in [0.4, 0.5) is 5.69 Å². The summed E-state index contributed by atoms with van der Waals surface area (Å²) in [4.78, 5) is 1.89. The zero-order chi connectivity index (χ0) is 15.7. The summed E-state index contributed by atoms with van der Waals surface area (Å²) in [7, 11) is -5.14. The number of anilines is 1. The molecule has 0 saturated carbocycles. The Morgan fingerprint density at radius 1 is 1.05 bits per heavy atom. The van der Waals surface area contributed by atoms with Gasteiger partial charge in [0.25, 0.3) is 0 Å². The van der Waals surface area contributed by atoms with Crippen LogP contribution in [0.2, 0.25) is 0 Å². The van der Waals surface area contributed by atoms with Crippen LogP contribution in [-0.2, 0) is 19.7 Å². The molecule has 1 aromatic carbocycles. The Bertz CT molecular complexity index is 691. The van der Waals surface area contributed by atoms with Gasteiger partial charge in [0.15, 0.2) is 19.7 Å². The minimum absolute atomic E-state index is 0.0135. The highest BCUT2D eigenvalue weighted by atomic mass is 32.2. The summed E-state index contributed by atoms with van der Waals surface area (Å²) < 4.78 is 46.9. The molecule has 0 aliphatic rings. The fourth-order valence-electron chi connectivity index (χ4n) is 1.98. The molecule has 0 atom stereocenters. The van der Waals surface area contributed by atoms with Crippen LogP contribution in [0.3, 0.4) is 0 Å². The number of rotatable bonds is 5. The zero-order valence-corrected chi connectivity index (χ0v) is 14.0. The molecule has 0 radical (unpaired) electrons. The number of hydrogen-bond acceptors (Lipinski definition) is 5. The quantitative estimate of drug-likeness (QED) is 0.824. The van der Waals surface area contributed by atoms with Crippen molar-refractivity contribution in [2.24, 2.45) is 5.92 Å². The molecule has 0 aromatic heterocycles. The van der Waals surface area contributed by atoms with Gasteiger partial charge in [0, 0.05) is 26.1 Å². The van der Waals surface area contributed by atoms with E-state index in [2.05, 4.69) is 0 Å². The first-order valence-corrected chi connectivity index (χ1v) is 9.96. The third kappa shape index (κ3) is 4.21. The van der Waals surface area contributed by atoms with Gasteiger partial charge >= 0.3 is 0 Å². The highest BCUT2D eigenvalue weighted by molar-refractivity contribution is 7.91. The van der Waals surface area contributed by atoms with Gasteiger partial charge in [0.1, 0.15) is 0 Å². The van der Waals surface area contributed by atoms with Gasteiger partial charge in [-0.25, -0.2) is 16.8 Å². The minimum Gasteiger partial charge on any atom is -0.373 e. The van der Waals surface area contributed by atoms with E-state index in [0.29, 0.717) is 18.2 Å². The van der Waals surface area contributed by atoms with E-state index in [1.165, 1.54) is 12.1 Å². The molecule has 7 heteroatoms. The molecule has 0 N–H and O–H groups in total. The normalized spacial score (nSPS) is 12.7. The summed E-state index contributed by atoms with van der Waals surface area (Å²) >= 11 is 0. The smallest absolute Gasteiger partial charge is 0.177 e. The number of hydrogen-bond donors (Lipinski definition) is 0. The van der Waals surface area contributed by atoms with Crippen molar-refractivity contribution in [3.8, 4) is 0 Å². The Labute approximate surface area is 121 Å². The van der Waals surface area contributed by atoms with Crippen molar-refractivity contribution in [3.63, 3.8) is 0 Å². The highest BCUT2D eigenvalue weighted by Crippen LogP contribution is 2.28. The molecular formula is C13H21NO4S2. The lowest BCUT2D eigenvalue weighted by atomic mass is 10.2. The monoisotopic (exact) mass is 319 g/mol. The van der Waals surface area contributed by atoms with Gasteiger partial charge in [-0.05, 0) is 24.1 Å². The second-order valence-electron chi connectivity index (χ2n) is 5.45. The molecule has 1 rings (SSSR count). The van der Waals surface area contributed by atoms with Crippen molar-refractivity contribution < 1.29 is 16.8 Å². The highest BCUT2D eigenvalue weighted by Gasteiger charge is 2.20. The van der Waals surface area contributed by atoms with Crippen LogP contribution >= 0.6 is 0 Å². The summed E-state index contributed by atoms with van der Waals surface area (Å²) in [5.74, 6) is 0.363. The molecule has 0 amide bonds. The van der Waals surface area contributed by atoms with Crippen LogP contribution in [0.5, 0.6) is 0 Å². The summed E-state index contributed by atoms with van der Waals surface area (Å²) in [5.41, 5.74) is 0.522. The number of nitrogens with zero attached hydrogens (tertiary/aromatic N) is 1. The van der Waals surface area contributed by atoms with Crippen LogP contribution in [-0.4, -0.2) is 42.9 Å². The fourth-order valence-corrected chi connectivity index (χ4v) is 3.65. The summed E-state index contributed by atoms with van der Waals surface area (Å²) in [5, 5.41) is 0. The lowest BCUT2D eigenvalue weighted by Crippen LogP contribution is -2.24. The van der Waals surface area contributed by atoms with Crippen molar-refractivity contribution in [1.82, 2.24) is 0 Å². The lowest BCUT2D eigenvalue weighted by molar-refractivity contribution is 0.598. The van der Waals surface area contributed by atoms with E-state index in [1.54, 1.807) is 13.1 Å². The van der Waals surface area contributed by atoms with Crippen molar-refractivity contribution in [2.45, 2.75) is 23.6 Å². The zero-order valence-electron chi connectivity index (χ0n) is 12.4. The van der Waals surface area contributed by atoms with Crippen LogP contribution in [0.25, 0.3) is 0 Å². The Kier molecular flexibility index (Phi) is 4.86. The van der Waals surface area contributed by atoms with Gasteiger partial charge in [-0.15, -0.1) is 0 Å². The van der Waals surface area contributed by atoms with Gasteiger partial charge in [-0.2, -0.15) is 0 Å². The molecule has 1 aromatic rings. The average molecular weight is 319 g/mol. The van der Waals surface area contributed by atoms with Gasteiger partial charge in [0.2, 0.25) is 0 Å². The summed E-state index contributed by atoms with van der Waals surface area (Å²) in [6.45, 7) is 4.74. The first kappa shape index (κ1) is 17.0. The molecule has 0 spiro atoms. The second kappa shape index (κ2) is 5.73.